The number of rotatable bonds is 9. The molecule has 1 unspecified atom stereocenters. The highest BCUT2D eigenvalue weighted by atomic mass is 16.5. The first-order chi connectivity index (χ1) is 18.4. The molecule has 0 radical (unpaired) electrons. The van der Waals surface area contributed by atoms with Crippen LogP contribution in [0.25, 0.3) is 10.9 Å². The zero-order valence-electron chi connectivity index (χ0n) is 21.0. The second-order valence-electron chi connectivity index (χ2n) is 9.22. The predicted octanol–water partition coefficient (Wildman–Crippen LogP) is 1.44. The molecule has 194 valence electrons. The van der Waals surface area contributed by atoms with Crippen LogP contribution in [0.15, 0.2) is 60.7 Å². The van der Waals surface area contributed by atoms with Crippen LogP contribution in [0.3, 0.4) is 0 Å². The molecule has 0 spiro atoms. The average Bonchev–Trinajstić information content (AvgIpc) is 3.26. The van der Waals surface area contributed by atoms with Crippen LogP contribution in [-0.2, 0) is 13.0 Å². The molecule has 1 aromatic heterocycles. The van der Waals surface area contributed by atoms with Gasteiger partial charge in [0.1, 0.15) is 23.7 Å². The van der Waals surface area contributed by atoms with Gasteiger partial charge in [-0.05, 0) is 54.2 Å². The molecule has 5 rings (SSSR count). The SMILES string of the molecule is CC1Cc2c(C(N)=O)cccc2N1c1nc(NCc2cccc(B(O)O)c2)c2cccc(OCCN)c2n1. The lowest BCUT2D eigenvalue weighted by atomic mass is 9.80. The molecule has 4 aromatic rings. The van der Waals surface area contributed by atoms with Crippen molar-refractivity contribution in [3.05, 3.63) is 77.4 Å². The molecule has 2 heterocycles. The number of anilines is 3. The lowest BCUT2D eigenvalue weighted by Crippen LogP contribution is -2.30. The number of hydrogen-bond donors (Lipinski definition) is 5. The Bertz CT molecular complexity index is 1500. The highest BCUT2D eigenvalue weighted by molar-refractivity contribution is 6.58. The first-order valence-electron chi connectivity index (χ1n) is 12.4. The lowest BCUT2D eigenvalue weighted by Gasteiger charge is -2.24. The van der Waals surface area contributed by atoms with E-state index in [1.54, 1.807) is 24.3 Å². The number of carbonyl (C=O) groups is 1. The van der Waals surface area contributed by atoms with Crippen LogP contribution in [0.2, 0.25) is 0 Å². The Kier molecular flexibility index (Phi) is 7.14. The molecule has 0 saturated carbocycles. The van der Waals surface area contributed by atoms with Crippen LogP contribution >= 0.6 is 0 Å². The van der Waals surface area contributed by atoms with E-state index in [2.05, 4.69) is 5.32 Å². The Morgan fingerprint density at radius 3 is 2.71 bits per heavy atom. The Morgan fingerprint density at radius 2 is 1.95 bits per heavy atom. The third-order valence-corrected chi connectivity index (χ3v) is 6.59. The fraction of sp³-hybridized carbons (Fsp3) is 0.222. The van der Waals surface area contributed by atoms with Crippen molar-refractivity contribution in [1.82, 2.24) is 9.97 Å². The third kappa shape index (κ3) is 4.86. The van der Waals surface area contributed by atoms with E-state index < -0.39 is 13.0 Å². The number of amides is 1. The van der Waals surface area contributed by atoms with Gasteiger partial charge in [-0.2, -0.15) is 4.98 Å². The molecule has 0 fully saturated rings. The molecule has 11 heteroatoms. The summed E-state index contributed by atoms with van der Waals surface area (Å²) in [5, 5.41) is 23.3. The van der Waals surface area contributed by atoms with Gasteiger partial charge in [0, 0.05) is 35.8 Å². The zero-order valence-corrected chi connectivity index (χ0v) is 21.0. The van der Waals surface area contributed by atoms with Crippen molar-refractivity contribution in [2.45, 2.75) is 25.9 Å². The minimum Gasteiger partial charge on any atom is -0.490 e. The summed E-state index contributed by atoms with van der Waals surface area (Å²) in [6.45, 7) is 3.13. The summed E-state index contributed by atoms with van der Waals surface area (Å²) < 4.78 is 5.91. The number of carbonyl (C=O) groups excluding carboxylic acids is 1. The van der Waals surface area contributed by atoms with Gasteiger partial charge >= 0.3 is 7.12 Å². The van der Waals surface area contributed by atoms with Crippen molar-refractivity contribution < 1.29 is 19.6 Å². The number of aromatic nitrogens is 2. The Labute approximate surface area is 220 Å². The van der Waals surface area contributed by atoms with Gasteiger partial charge in [0.2, 0.25) is 11.9 Å². The van der Waals surface area contributed by atoms with Crippen LogP contribution in [0.1, 0.15) is 28.4 Å². The van der Waals surface area contributed by atoms with E-state index in [-0.39, 0.29) is 6.04 Å². The number of benzene rings is 3. The number of nitrogens with zero attached hydrogens (tertiary/aromatic N) is 3. The number of nitrogens with two attached hydrogens (primary N) is 2. The van der Waals surface area contributed by atoms with Gasteiger partial charge in [0.05, 0.1) is 0 Å². The number of ether oxygens (including phenoxy) is 1. The van der Waals surface area contributed by atoms with Crippen LogP contribution in [0.4, 0.5) is 17.5 Å². The minimum atomic E-state index is -1.55. The fourth-order valence-electron chi connectivity index (χ4n) is 4.87. The van der Waals surface area contributed by atoms with E-state index in [9.17, 15) is 14.8 Å². The molecule has 3 aromatic carbocycles. The molecule has 1 aliphatic heterocycles. The maximum absolute atomic E-state index is 12.1. The first-order valence-corrected chi connectivity index (χ1v) is 12.4. The fourth-order valence-corrected chi connectivity index (χ4v) is 4.87. The Morgan fingerprint density at radius 1 is 1.16 bits per heavy atom. The van der Waals surface area contributed by atoms with Crippen LogP contribution in [0, 0.1) is 0 Å². The van der Waals surface area contributed by atoms with E-state index in [1.165, 1.54) is 0 Å². The summed E-state index contributed by atoms with van der Waals surface area (Å²) in [6.07, 6.45) is 0.625. The zero-order chi connectivity index (χ0) is 26.8. The Hall–Kier alpha value is -4.19. The van der Waals surface area contributed by atoms with Crippen molar-refractivity contribution in [1.29, 1.82) is 0 Å². The molecular weight excluding hydrogens is 483 g/mol. The predicted molar refractivity (Wildman–Crippen MR) is 148 cm³/mol. The number of primary amides is 1. The molecule has 0 bridgehead atoms. The topological polar surface area (TPSA) is 160 Å². The first kappa shape index (κ1) is 25.5. The van der Waals surface area contributed by atoms with E-state index >= 15 is 0 Å². The van der Waals surface area contributed by atoms with Gasteiger partial charge in [-0.25, -0.2) is 4.98 Å². The molecule has 7 N–H and O–H groups in total. The second kappa shape index (κ2) is 10.7. The molecule has 0 saturated heterocycles. The van der Waals surface area contributed by atoms with Crippen LogP contribution in [-0.4, -0.2) is 52.2 Å². The number of hydrogen-bond acceptors (Lipinski definition) is 9. The maximum Gasteiger partial charge on any atom is 0.488 e. The monoisotopic (exact) mass is 512 g/mol. The molecule has 10 nitrogen and oxygen atoms in total. The van der Waals surface area contributed by atoms with Gasteiger partial charge in [-0.3, -0.25) is 4.79 Å². The van der Waals surface area contributed by atoms with Gasteiger partial charge in [0.25, 0.3) is 0 Å². The molecule has 0 aliphatic carbocycles. The molecule has 1 aliphatic rings. The number of fused-ring (bicyclic) bond motifs is 2. The maximum atomic E-state index is 12.1. The van der Waals surface area contributed by atoms with Gasteiger partial charge in [-0.1, -0.05) is 36.4 Å². The van der Waals surface area contributed by atoms with Crippen LogP contribution < -0.4 is 31.9 Å². The van der Waals surface area contributed by atoms with Crippen molar-refractivity contribution in [3.63, 3.8) is 0 Å². The Balaban J connectivity index is 1.60. The summed E-state index contributed by atoms with van der Waals surface area (Å²) in [5.41, 5.74) is 15.4. The highest BCUT2D eigenvalue weighted by Gasteiger charge is 2.32. The van der Waals surface area contributed by atoms with Crippen molar-refractivity contribution in [2.24, 2.45) is 11.5 Å². The third-order valence-electron chi connectivity index (χ3n) is 6.59. The van der Waals surface area contributed by atoms with Gasteiger partial charge in [0.15, 0.2) is 0 Å². The minimum absolute atomic E-state index is 0.0179. The normalized spacial score (nSPS) is 14.4. The molecule has 1 atom stereocenters. The highest BCUT2D eigenvalue weighted by Crippen LogP contribution is 2.40. The smallest absolute Gasteiger partial charge is 0.488 e. The second-order valence-corrected chi connectivity index (χ2v) is 9.22. The van der Waals surface area contributed by atoms with Gasteiger partial charge in [-0.15, -0.1) is 0 Å². The molecular formula is C27H29BN6O4. The van der Waals surface area contributed by atoms with Crippen molar-refractivity contribution in [2.75, 3.05) is 23.4 Å². The van der Waals surface area contributed by atoms with Crippen LogP contribution in [0.5, 0.6) is 5.75 Å². The average molecular weight is 512 g/mol. The summed E-state index contributed by atoms with van der Waals surface area (Å²) in [4.78, 5) is 23.9. The lowest BCUT2D eigenvalue weighted by molar-refractivity contribution is 0.0999. The quantitative estimate of drug-likeness (QED) is 0.209. The summed E-state index contributed by atoms with van der Waals surface area (Å²) in [5.74, 6) is 1.16. The van der Waals surface area contributed by atoms with E-state index in [4.69, 9.17) is 26.2 Å². The molecule has 38 heavy (non-hydrogen) atoms. The summed E-state index contributed by atoms with van der Waals surface area (Å²) in [7, 11) is -1.55. The summed E-state index contributed by atoms with van der Waals surface area (Å²) >= 11 is 0. The van der Waals surface area contributed by atoms with E-state index in [0.717, 1.165) is 22.2 Å². The number of para-hydroxylation sites is 1. The van der Waals surface area contributed by atoms with E-state index in [1.807, 2.05) is 48.2 Å². The number of nitrogens with one attached hydrogen (secondary N) is 1. The van der Waals surface area contributed by atoms with Crippen molar-refractivity contribution >= 4 is 46.8 Å². The largest absolute Gasteiger partial charge is 0.490 e. The molecule has 1 amide bonds. The van der Waals surface area contributed by atoms with E-state index in [0.29, 0.717) is 60.2 Å². The summed E-state index contributed by atoms with van der Waals surface area (Å²) in [6, 6.07) is 18.1. The standard InChI is InChI=1S/C27H29BN6O4/c1-16-13-21-19(25(30)35)7-3-9-22(21)34(16)27-32-24-20(8-4-10-23(24)38-12-11-29)26(33-27)31-15-17-5-2-6-18(14-17)28(36)37/h2-10,14,16,36-37H,11-13,15,29H2,1H3,(H2,30,35)(H,31,32,33). The van der Waals surface area contributed by atoms with Gasteiger partial charge < -0.3 is 36.5 Å². The van der Waals surface area contributed by atoms with Crippen molar-refractivity contribution in [3.8, 4) is 5.75 Å².